The van der Waals surface area contributed by atoms with E-state index >= 15 is 0 Å². The van der Waals surface area contributed by atoms with E-state index in [0.717, 1.165) is 0 Å². The summed E-state index contributed by atoms with van der Waals surface area (Å²) >= 11 is 0. The Hall–Kier alpha value is -2.14. The van der Waals surface area contributed by atoms with E-state index in [1.807, 2.05) is 0 Å². The number of hydrogen-bond donors (Lipinski definition) is 1. The molecular formula is C14H12O5. The van der Waals surface area contributed by atoms with Crippen LogP contribution < -0.4 is 10.4 Å². The van der Waals surface area contributed by atoms with Gasteiger partial charge in [-0.25, -0.2) is 4.79 Å². The average molecular weight is 260 g/mol. The van der Waals surface area contributed by atoms with E-state index in [1.165, 1.54) is 12.1 Å². The van der Waals surface area contributed by atoms with Gasteiger partial charge in [0.1, 0.15) is 16.9 Å². The molecule has 0 bridgehead atoms. The summed E-state index contributed by atoms with van der Waals surface area (Å²) < 4.78 is 10.7. The summed E-state index contributed by atoms with van der Waals surface area (Å²) in [7, 11) is 0. The summed E-state index contributed by atoms with van der Waals surface area (Å²) in [5.74, 6) is -0.0681. The van der Waals surface area contributed by atoms with E-state index in [-0.39, 0.29) is 5.78 Å². The molecule has 1 aromatic carbocycles. The summed E-state index contributed by atoms with van der Waals surface area (Å²) in [6.07, 6.45) is -1.21. The lowest BCUT2D eigenvalue weighted by atomic mass is 9.89. The van der Waals surface area contributed by atoms with E-state index in [0.29, 0.717) is 22.3 Å². The molecule has 3 rings (SSSR count). The smallest absolute Gasteiger partial charge is 0.336 e. The molecule has 0 radical (unpaired) electrons. The summed E-state index contributed by atoms with van der Waals surface area (Å²) in [5, 5.41) is 10.5. The highest BCUT2D eigenvalue weighted by atomic mass is 16.5. The second-order valence-corrected chi connectivity index (χ2v) is 5.11. The van der Waals surface area contributed by atoms with Crippen LogP contribution in [-0.4, -0.2) is 22.6 Å². The number of hydrogen-bond acceptors (Lipinski definition) is 5. The van der Waals surface area contributed by atoms with Gasteiger partial charge in [-0.05, 0) is 26.0 Å². The van der Waals surface area contributed by atoms with E-state index in [9.17, 15) is 14.7 Å². The molecule has 5 heteroatoms. The number of aliphatic hydroxyl groups is 1. The van der Waals surface area contributed by atoms with Crippen molar-refractivity contribution in [2.24, 2.45) is 0 Å². The SMILES string of the molecule is CC1(C)Oc2cc3oc(=O)ccc3cc2C(=O)[C@@H]1O. The van der Waals surface area contributed by atoms with E-state index < -0.39 is 17.3 Å². The number of carbonyl (C=O) groups excluding carboxylic acids is 1. The second kappa shape index (κ2) is 3.68. The van der Waals surface area contributed by atoms with Crippen molar-refractivity contribution in [1.82, 2.24) is 0 Å². The monoisotopic (exact) mass is 260 g/mol. The van der Waals surface area contributed by atoms with Gasteiger partial charge in [0.15, 0.2) is 11.9 Å². The molecule has 2 aromatic rings. The van der Waals surface area contributed by atoms with Gasteiger partial charge in [0.2, 0.25) is 0 Å². The Morgan fingerprint density at radius 1 is 1.21 bits per heavy atom. The fraction of sp³-hybridized carbons (Fsp3) is 0.286. The minimum absolute atomic E-state index is 0.299. The number of fused-ring (bicyclic) bond motifs is 2. The molecule has 0 spiro atoms. The van der Waals surface area contributed by atoms with Gasteiger partial charge in [-0.1, -0.05) is 0 Å². The van der Waals surface area contributed by atoms with Gasteiger partial charge in [0, 0.05) is 17.5 Å². The molecule has 0 saturated heterocycles. The fourth-order valence-corrected chi connectivity index (χ4v) is 2.18. The van der Waals surface area contributed by atoms with Crippen LogP contribution in [0.25, 0.3) is 11.0 Å². The second-order valence-electron chi connectivity index (χ2n) is 5.11. The van der Waals surface area contributed by atoms with Crippen LogP contribution in [0, 0.1) is 0 Å². The van der Waals surface area contributed by atoms with Crippen LogP contribution in [0.15, 0.2) is 33.5 Å². The van der Waals surface area contributed by atoms with Crippen molar-refractivity contribution in [1.29, 1.82) is 0 Å². The molecule has 1 aliphatic rings. The standard InChI is InChI=1S/C14H12O5/c1-14(2)13(17)12(16)8-5-7-3-4-11(15)18-9(7)6-10(8)19-14/h3-6,13,17H,1-2H3/t13-/m0/s1. The number of ketones is 1. The van der Waals surface area contributed by atoms with E-state index in [1.54, 1.807) is 26.0 Å². The van der Waals surface area contributed by atoms with Crippen molar-refractivity contribution in [3.05, 3.63) is 40.2 Å². The predicted molar refractivity (Wildman–Crippen MR) is 67.5 cm³/mol. The number of ether oxygens (including phenoxy) is 1. The van der Waals surface area contributed by atoms with Gasteiger partial charge < -0.3 is 14.3 Å². The summed E-state index contributed by atoms with van der Waals surface area (Å²) in [4.78, 5) is 23.3. The third-order valence-electron chi connectivity index (χ3n) is 3.27. The molecular weight excluding hydrogens is 248 g/mol. The van der Waals surface area contributed by atoms with Gasteiger partial charge in [-0.2, -0.15) is 0 Å². The van der Waals surface area contributed by atoms with Gasteiger partial charge in [-0.3, -0.25) is 4.79 Å². The quantitative estimate of drug-likeness (QED) is 0.726. The largest absolute Gasteiger partial charge is 0.484 e. The maximum Gasteiger partial charge on any atom is 0.336 e. The summed E-state index contributed by atoms with van der Waals surface area (Å²) in [5.41, 5.74) is -0.819. The lowest BCUT2D eigenvalue weighted by Crippen LogP contribution is -2.50. The molecule has 1 atom stereocenters. The van der Waals surface area contributed by atoms with E-state index in [2.05, 4.69) is 0 Å². The van der Waals surface area contributed by atoms with Crippen LogP contribution in [0.1, 0.15) is 24.2 Å². The van der Waals surface area contributed by atoms with Crippen molar-refractivity contribution in [2.75, 3.05) is 0 Å². The topological polar surface area (TPSA) is 76.7 Å². The third-order valence-corrected chi connectivity index (χ3v) is 3.27. The Labute approximate surface area is 108 Å². The zero-order valence-corrected chi connectivity index (χ0v) is 10.5. The summed E-state index contributed by atoms with van der Waals surface area (Å²) in [6, 6.07) is 5.93. The first-order chi connectivity index (χ1) is 8.88. The maximum atomic E-state index is 12.1. The first-order valence-corrected chi connectivity index (χ1v) is 5.88. The van der Waals surface area contributed by atoms with Crippen molar-refractivity contribution in [2.45, 2.75) is 25.6 Å². The van der Waals surface area contributed by atoms with Crippen LogP contribution in [0.2, 0.25) is 0 Å². The van der Waals surface area contributed by atoms with E-state index in [4.69, 9.17) is 9.15 Å². The van der Waals surface area contributed by atoms with Crippen molar-refractivity contribution in [3.63, 3.8) is 0 Å². The minimum atomic E-state index is -1.21. The van der Waals surface area contributed by atoms with Crippen LogP contribution in [0.3, 0.4) is 0 Å². The van der Waals surface area contributed by atoms with Crippen LogP contribution >= 0.6 is 0 Å². The van der Waals surface area contributed by atoms with Gasteiger partial charge >= 0.3 is 5.63 Å². The number of benzene rings is 1. The van der Waals surface area contributed by atoms with Gasteiger partial charge in [-0.15, -0.1) is 0 Å². The average Bonchev–Trinajstić information content (AvgIpc) is 2.34. The molecule has 0 saturated carbocycles. The highest BCUT2D eigenvalue weighted by molar-refractivity contribution is 6.06. The molecule has 5 nitrogen and oxygen atoms in total. The van der Waals surface area contributed by atoms with Gasteiger partial charge in [0.05, 0.1) is 5.56 Å². The highest BCUT2D eigenvalue weighted by Gasteiger charge is 2.42. The number of carbonyl (C=O) groups is 1. The molecule has 0 aliphatic carbocycles. The van der Waals surface area contributed by atoms with Crippen molar-refractivity contribution in [3.8, 4) is 5.75 Å². The molecule has 1 N–H and O–H groups in total. The van der Waals surface area contributed by atoms with Gasteiger partial charge in [0.25, 0.3) is 0 Å². The van der Waals surface area contributed by atoms with Crippen LogP contribution in [0.4, 0.5) is 0 Å². The lowest BCUT2D eigenvalue weighted by molar-refractivity contribution is -0.0248. The molecule has 2 heterocycles. The van der Waals surface area contributed by atoms with Crippen molar-refractivity contribution >= 4 is 16.8 Å². The zero-order valence-electron chi connectivity index (χ0n) is 10.5. The molecule has 0 fully saturated rings. The Kier molecular flexibility index (Phi) is 2.31. The fourth-order valence-electron chi connectivity index (χ4n) is 2.18. The Balaban J connectivity index is 2.28. The number of rotatable bonds is 0. The molecule has 98 valence electrons. The molecule has 0 unspecified atom stereocenters. The molecule has 0 amide bonds. The Morgan fingerprint density at radius 2 is 1.95 bits per heavy atom. The zero-order chi connectivity index (χ0) is 13.8. The lowest BCUT2D eigenvalue weighted by Gasteiger charge is -2.35. The molecule has 1 aromatic heterocycles. The molecule has 1 aliphatic heterocycles. The predicted octanol–water partition coefficient (Wildman–Crippen LogP) is 1.51. The minimum Gasteiger partial charge on any atom is -0.484 e. The highest BCUT2D eigenvalue weighted by Crippen LogP contribution is 2.35. The van der Waals surface area contributed by atoms with Crippen LogP contribution in [0.5, 0.6) is 5.75 Å². The molecule has 19 heavy (non-hydrogen) atoms. The van der Waals surface area contributed by atoms with Crippen LogP contribution in [-0.2, 0) is 0 Å². The first kappa shape index (κ1) is 11.9. The number of Topliss-reactive ketones (excluding diaryl/α,β-unsaturated/α-hetero) is 1. The Morgan fingerprint density at radius 3 is 2.68 bits per heavy atom. The maximum absolute atomic E-state index is 12.1. The van der Waals surface area contributed by atoms with Crippen molar-refractivity contribution < 1.29 is 19.1 Å². The summed E-state index contributed by atoms with van der Waals surface area (Å²) in [6.45, 7) is 3.26. The normalized spacial score (nSPS) is 21.0. The Bertz CT molecular complexity index is 741. The first-order valence-electron chi connectivity index (χ1n) is 5.88. The number of aliphatic hydroxyl groups excluding tert-OH is 1. The third kappa shape index (κ3) is 1.74.